The van der Waals surface area contributed by atoms with Crippen LogP contribution in [0.5, 0.6) is 0 Å². The Kier molecular flexibility index (Phi) is 6.22. The molecular weight excluding hydrogens is 472 g/mol. The molecule has 0 unspecified atom stereocenters. The molecular formula is C29H29ClN4O2. The minimum absolute atomic E-state index is 0.223. The van der Waals surface area contributed by atoms with Crippen molar-refractivity contribution in [1.82, 2.24) is 14.8 Å². The number of nitrogens with zero attached hydrogens (tertiary/aromatic N) is 3. The molecule has 0 aliphatic carbocycles. The number of halogens is 1. The molecule has 0 aliphatic heterocycles. The minimum atomic E-state index is -0.967. The van der Waals surface area contributed by atoms with Gasteiger partial charge in [0.1, 0.15) is 5.69 Å². The number of aromatic amines is 1. The van der Waals surface area contributed by atoms with Crippen LogP contribution in [0, 0.1) is 13.8 Å². The van der Waals surface area contributed by atoms with Crippen LogP contribution < -0.4 is 4.90 Å². The van der Waals surface area contributed by atoms with Gasteiger partial charge in [0.15, 0.2) is 0 Å². The highest BCUT2D eigenvalue weighted by Gasteiger charge is 2.23. The van der Waals surface area contributed by atoms with E-state index in [2.05, 4.69) is 58.4 Å². The normalized spacial score (nSPS) is 11.5. The third-order valence-electron chi connectivity index (χ3n) is 7.10. The number of H-pyrrole nitrogens is 1. The molecule has 184 valence electrons. The van der Waals surface area contributed by atoms with Crippen LogP contribution in [0.15, 0.2) is 54.6 Å². The third-order valence-corrected chi connectivity index (χ3v) is 7.42. The van der Waals surface area contributed by atoms with Crippen molar-refractivity contribution in [3.05, 3.63) is 82.3 Å². The van der Waals surface area contributed by atoms with Gasteiger partial charge in [-0.1, -0.05) is 54.1 Å². The highest BCUT2D eigenvalue weighted by molar-refractivity contribution is 6.35. The van der Waals surface area contributed by atoms with E-state index < -0.39 is 5.97 Å². The number of rotatable bonds is 7. The van der Waals surface area contributed by atoms with Gasteiger partial charge in [0.05, 0.1) is 16.2 Å². The van der Waals surface area contributed by atoms with Crippen LogP contribution in [0.25, 0.3) is 32.8 Å². The summed E-state index contributed by atoms with van der Waals surface area (Å²) in [6.07, 6.45) is 1.43. The van der Waals surface area contributed by atoms with Crippen molar-refractivity contribution in [3.63, 3.8) is 0 Å². The molecule has 5 aromatic rings. The van der Waals surface area contributed by atoms with E-state index in [9.17, 15) is 9.90 Å². The Labute approximate surface area is 215 Å². The number of carboxylic acid groups (broad SMARTS) is 1. The molecule has 0 fully saturated rings. The molecule has 0 atom stereocenters. The first-order valence-electron chi connectivity index (χ1n) is 12.0. The quantitative estimate of drug-likeness (QED) is 0.259. The number of hydrogen-bond acceptors (Lipinski definition) is 3. The van der Waals surface area contributed by atoms with Gasteiger partial charge >= 0.3 is 5.97 Å². The maximum atomic E-state index is 12.2. The van der Waals surface area contributed by atoms with Gasteiger partial charge < -0.3 is 15.0 Å². The predicted molar refractivity (Wildman–Crippen MR) is 147 cm³/mol. The van der Waals surface area contributed by atoms with E-state index in [0.29, 0.717) is 11.4 Å². The number of hydrogen-bond donors (Lipinski definition) is 2. The SMILES string of the molecule is Cc1nn(C)c(C)c1-c1c(Cl)ccc2c(CCCN(C)c3cccc4ccccc34)c(C(=O)O)[nH]c12. The minimum Gasteiger partial charge on any atom is -0.477 e. The highest BCUT2D eigenvalue weighted by atomic mass is 35.5. The monoisotopic (exact) mass is 500 g/mol. The first-order chi connectivity index (χ1) is 17.3. The lowest BCUT2D eigenvalue weighted by atomic mass is 9.98. The summed E-state index contributed by atoms with van der Waals surface area (Å²) in [6, 6.07) is 18.5. The number of aryl methyl sites for hydroxylation is 3. The number of carbonyl (C=O) groups is 1. The number of carboxylic acids is 1. The Bertz CT molecular complexity index is 1610. The summed E-state index contributed by atoms with van der Waals surface area (Å²) >= 11 is 6.68. The van der Waals surface area contributed by atoms with Gasteiger partial charge in [-0.3, -0.25) is 4.68 Å². The van der Waals surface area contributed by atoms with Crippen molar-refractivity contribution in [2.45, 2.75) is 26.7 Å². The molecule has 6 nitrogen and oxygen atoms in total. The van der Waals surface area contributed by atoms with Gasteiger partial charge in [0.25, 0.3) is 0 Å². The number of anilines is 1. The van der Waals surface area contributed by atoms with Crippen LogP contribution in [0.1, 0.15) is 33.9 Å². The van der Waals surface area contributed by atoms with E-state index in [1.54, 1.807) is 0 Å². The van der Waals surface area contributed by atoms with E-state index in [1.165, 1.54) is 16.5 Å². The average Bonchev–Trinajstić information content (AvgIpc) is 3.35. The van der Waals surface area contributed by atoms with Gasteiger partial charge in [-0.2, -0.15) is 5.10 Å². The summed E-state index contributed by atoms with van der Waals surface area (Å²) in [7, 11) is 3.98. The molecule has 2 heterocycles. The summed E-state index contributed by atoms with van der Waals surface area (Å²) in [5.74, 6) is -0.967. The molecule has 0 amide bonds. The molecule has 3 aromatic carbocycles. The van der Waals surface area contributed by atoms with Crippen molar-refractivity contribution in [2.24, 2.45) is 7.05 Å². The van der Waals surface area contributed by atoms with E-state index in [1.807, 2.05) is 43.8 Å². The lowest BCUT2D eigenvalue weighted by Gasteiger charge is -2.21. The Morgan fingerprint density at radius 3 is 2.53 bits per heavy atom. The fourth-order valence-corrected chi connectivity index (χ4v) is 5.52. The Balaban J connectivity index is 1.49. The molecule has 0 aliphatic rings. The second-order valence-corrected chi connectivity index (χ2v) is 9.73. The van der Waals surface area contributed by atoms with Crippen molar-refractivity contribution in [1.29, 1.82) is 0 Å². The maximum Gasteiger partial charge on any atom is 0.352 e. The Morgan fingerprint density at radius 1 is 1.06 bits per heavy atom. The summed E-state index contributed by atoms with van der Waals surface area (Å²) in [5, 5.41) is 18.4. The molecule has 0 radical (unpaired) electrons. The van der Waals surface area contributed by atoms with Crippen LogP contribution in [-0.2, 0) is 13.5 Å². The van der Waals surface area contributed by atoms with Gasteiger partial charge in [0, 0.05) is 53.9 Å². The molecule has 0 saturated carbocycles. The van der Waals surface area contributed by atoms with Crippen LogP contribution in [0.3, 0.4) is 0 Å². The molecule has 0 bridgehead atoms. The number of aromatic nitrogens is 3. The number of benzene rings is 3. The lowest BCUT2D eigenvalue weighted by molar-refractivity contribution is 0.0690. The summed E-state index contributed by atoms with van der Waals surface area (Å²) in [4.78, 5) is 17.7. The van der Waals surface area contributed by atoms with E-state index in [4.69, 9.17) is 11.6 Å². The van der Waals surface area contributed by atoms with E-state index in [-0.39, 0.29) is 5.69 Å². The van der Waals surface area contributed by atoms with Crippen molar-refractivity contribution < 1.29 is 9.90 Å². The molecule has 0 saturated heterocycles. The largest absolute Gasteiger partial charge is 0.477 e. The first-order valence-corrected chi connectivity index (χ1v) is 12.4. The lowest BCUT2D eigenvalue weighted by Crippen LogP contribution is -2.19. The molecule has 5 rings (SSSR count). The highest BCUT2D eigenvalue weighted by Crippen LogP contribution is 2.40. The number of aromatic carboxylic acids is 1. The van der Waals surface area contributed by atoms with Gasteiger partial charge in [-0.25, -0.2) is 4.79 Å². The molecule has 7 heteroatoms. The summed E-state index contributed by atoms with van der Waals surface area (Å²) in [5.41, 5.74) is 6.52. The fourth-order valence-electron chi connectivity index (χ4n) is 5.27. The van der Waals surface area contributed by atoms with Crippen LogP contribution in [0.4, 0.5) is 5.69 Å². The second kappa shape index (κ2) is 9.36. The third kappa shape index (κ3) is 4.01. The van der Waals surface area contributed by atoms with Crippen LogP contribution >= 0.6 is 11.6 Å². The molecule has 36 heavy (non-hydrogen) atoms. The van der Waals surface area contributed by atoms with Crippen molar-refractivity contribution >= 4 is 44.9 Å². The van der Waals surface area contributed by atoms with Gasteiger partial charge in [-0.05, 0) is 49.8 Å². The van der Waals surface area contributed by atoms with Crippen molar-refractivity contribution in [3.8, 4) is 11.1 Å². The maximum absolute atomic E-state index is 12.2. The molecule has 2 N–H and O–H groups in total. The number of fused-ring (bicyclic) bond motifs is 2. The first kappa shape index (κ1) is 23.9. The Morgan fingerprint density at radius 2 is 1.81 bits per heavy atom. The van der Waals surface area contributed by atoms with Crippen LogP contribution in [0.2, 0.25) is 5.02 Å². The predicted octanol–water partition coefficient (Wildman–Crippen LogP) is 6.76. The van der Waals surface area contributed by atoms with Crippen molar-refractivity contribution in [2.75, 3.05) is 18.5 Å². The zero-order chi connectivity index (χ0) is 25.6. The topological polar surface area (TPSA) is 74.2 Å². The smallest absolute Gasteiger partial charge is 0.352 e. The Hall–Kier alpha value is -3.77. The molecule has 0 spiro atoms. The van der Waals surface area contributed by atoms with E-state index >= 15 is 0 Å². The second-order valence-electron chi connectivity index (χ2n) is 9.32. The van der Waals surface area contributed by atoms with Gasteiger partial charge in [-0.15, -0.1) is 0 Å². The molecule has 2 aromatic heterocycles. The van der Waals surface area contributed by atoms with Crippen LogP contribution in [-0.4, -0.2) is 39.4 Å². The van der Waals surface area contributed by atoms with E-state index in [0.717, 1.165) is 51.9 Å². The summed E-state index contributed by atoms with van der Waals surface area (Å²) < 4.78 is 1.82. The number of nitrogens with one attached hydrogen (secondary N) is 1. The van der Waals surface area contributed by atoms with Gasteiger partial charge in [0.2, 0.25) is 0 Å². The summed E-state index contributed by atoms with van der Waals surface area (Å²) in [6.45, 7) is 4.74. The zero-order valence-corrected chi connectivity index (χ0v) is 21.6. The zero-order valence-electron chi connectivity index (χ0n) is 20.9. The standard InChI is InChI=1S/C29H29ClN4O2/c1-17-25(18(2)34(4)32-17)26-23(30)15-14-22-21(28(29(35)36)31-27(22)26)12-8-16-33(3)24-13-7-10-19-9-5-6-11-20(19)24/h5-7,9-11,13-15,31H,8,12,16H2,1-4H3,(H,35,36). The fraction of sp³-hybridized carbons (Fsp3) is 0.241. The average molecular weight is 501 g/mol.